The monoisotopic (exact) mass is 397 g/mol. The van der Waals surface area contributed by atoms with Gasteiger partial charge in [-0.1, -0.05) is 48.0 Å². The van der Waals surface area contributed by atoms with Gasteiger partial charge >= 0.3 is 0 Å². The third kappa shape index (κ3) is 4.37. The minimum Gasteiger partial charge on any atom is -0.298 e. The van der Waals surface area contributed by atoms with Crippen LogP contribution in [0.3, 0.4) is 0 Å². The zero-order valence-electron chi connectivity index (χ0n) is 16.1. The van der Waals surface area contributed by atoms with Gasteiger partial charge < -0.3 is 0 Å². The van der Waals surface area contributed by atoms with Crippen LogP contribution in [-0.2, 0) is 16.6 Å². The molecule has 0 radical (unpaired) electrons. The number of hydrogen-bond acceptors (Lipinski definition) is 4. The van der Waals surface area contributed by atoms with Gasteiger partial charge in [-0.2, -0.15) is 0 Å². The maximum absolute atomic E-state index is 12.7. The highest BCUT2D eigenvalue weighted by atomic mass is 32.2. The number of benzene rings is 2. The molecule has 0 saturated heterocycles. The van der Waals surface area contributed by atoms with Crippen molar-refractivity contribution in [2.75, 3.05) is 6.54 Å². The van der Waals surface area contributed by atoms with E-state index in [4.69, 9.17) is 0 Å². The van der Waals surface area contributed by atoms with E-state index in [9.17, 15) is 13.2 Å². The van der Waals surface area contributed by atoms with E-state index in [-0.39, 0.29) is 18.6 Å². The minimum absolute atomic E-state index is 0.0986. The lowest BCUT2D eigenvalue weighted by Gasteiger charge is -2.13. The van der Waals surface area contributed by atoms with E-state index < -0.39 is 10.0 Å². The molecule has 0 spiro atoms. The lowest BCUT2D eigenvalue weighted by Crippen LogP contribution is -2.31. The van der Waals surface area contributed by atoms with Crippen LogP contribution in [-0.4, -0.2) is 24.5 Å². The van der Waals surface area contributed by atoms with Crippen molar-refractivity contribution in [2.45, 2.75) is 32.2 Å². The Bertz CT molecular complexity index is 1130. The van der Waals surface area contributed by atoms with E-state index in [0.29, 0.717) is 21.7 Å². The molecule has 0 atom stereocenters. The highest BCUT2D eigenvalue weighted by molar-refractivity contribution is 7.89. The molecule has 3 aromatic rings. The molecule has 7 heteroatoms. The topological polar surface area (TPSA) is 81.1 Å². The third-order valence-electron chi connectivity index (χ3n) is 4.47. The SMILES string of the molecule is Cc1cc(C)c(S(=O)(=O)NCCn2cnc(-c3ccccc3)cc2=O)c(C)c1. The fourth-order valence-electron chi connectivity index (χ4n) is 3.32. The average Bonchev–Trinajstić information content (AvgIpc) is 2.62. The first kappa shape index (κ1) is 20.0. The molecular weight excluding hydrogens is 374 g/mol. The van der Waals surface area contributed by atoms with E-state index in [1.54, 1.807) is 13.8 Å². The van der Waals surface area contributed by atoms with Crippen LogP contribution in [0.4, 0.5) is 0 Å². The maximum Gasteiger partial charge on any atom is 0.253 e. The number of sulfonamides is 1. The van der Waals surface area contributed by atoms with E-state index in [0.717, 1.165) is 11.1 Å². The van der Waals surface area contributed by atoms with Gasteiger partial charge in [0.1, 0.15) is 0 Å². The number of hydrogen-bond donors (Lipinski definition) is 1. The zero-order chi connectivity index (χ0) is 20.3. The molecule has 0 aliphatic carbocycles. The second-order valence-electron chi connectivity index (χ2n) is 6.80. The Morgan fingerprint density at radius 3 is 2.25 bits per heavy atom. The summed E-state index contributed by atoms with van der Waals surface area (Å²) >= 11 is 0. The van der Waals surface area contributed by atoms with Crippen LogP contribution >= 0.6 is 0 Å². The highest BCUT2D eigenvalue weighted by Crippen LogP contribution is 2.21. The van der Waals surface area contributed by atoms with Gasteiger partial charge in [-0.25, -0.2) is 18.1 Å². The van der Waals surface area contributed by atoms with E-state index in [1.165, 1.54) is 17.0 Å². The van der Waals surface area contributed by atoms with Crippen molar-refractivity contribution in [1.82, 2.24) is 14.3 Å². The summed E-state index contributed by atoms with van der Waals surface area (Å²) < 4.78 is 29.3. The van der Waals surface area contributed by atoms with Crippen LogP contribution in [0.25, 0.3) is 11.3 Å². The molecule has 0 fully saturated rings. The van der Waals surface area contributed by atoms with Crippen LogP contribution in [0.2, 0.25) is 0 Å². The molecule has 6 nitrogen and oxygen atoms in total. The van der Waals surface area contributed by atoms with Gasteiger partial charge in [-0.15, -0.1) is 0 Å². The van der Waals surface area contributed by atoms with Gasteiger partial charge in [-0.05, 0) is 31.9 Å². The highest BCUT2D eigenvalue weighted by Gasteiger charge is 2.19. The molecule has 146 valence electrons. The Labute approximate surface area is 164 Å². The molecule has 0 aliphatic rings. The minimum atomic E-state index is -3.66. The van der Waals surface area contributed by atoms with Crippen LogP contribution in [0.15, 0.2) is 64.5 Å². The smallest absolute Gasteiger partial charge is 0.253 e. The largest absolute Gasteiger partial charge is 0.298 e. The molecule has 1 heterocycles. The summed E-state index contributed by atoms with van der Waals surface area (Å²) in [6.45, 7) is 5.80. The second kappa shape index (κ2) is 8.08. The van der Waals surface area contributed by atoms with Crippen molar-refractivity contribution in [3.63, 3.8) is 0 Å². The van der Waals surface area contributed by atoms with Crippen molar-refractivity contribution in [3.8, 4) is 11.3 Å². The van der Waals surface area contributed by atoms with Crippen molar-refractivity contribution >= 4 is 10.0 Å². The maximum atomic E-state index is 12.7. The van der Waals surface area contributed by atoms with Gasteiger partial charge in [0, 0.05) is 24.7 Å². The first-order valence-corrected chi connectivity index (χ1v) is 10.5. The van der Waals surface area contributed by atoms with Crippen LogP contribution in [0.1, 0.15) is 16.7 Å². The summed E-state index contributed by atoms with van der Waals surface area (Å²) in [5.41, 5.74) is 3.65. The molecule has 28 heavy (non-hydrogen) atoms. The van der Waals surface area contributed by atoms with Gasteiger partial charge in [-0.3, -0.25) is 9.36 Å². The van der Waals surface area contributed by atoms with E-state index in [2.05, 4.69) is 9.71 Å². The van der Waals surface area contributed by atoms with Gasteiger partial charge in [0.05, 0.1) is 16.9 Å². The molecule has 0 unspecified atom stereocenters. The molecule has 2 aromatic carbocycles. The summed E-state index contributed by atoms with van der Waals surface area (Å²) in [7, 11) is -3.66. The predicted octanol–water partition coefficient (Wildman–Crippen LogP) is 2.81. The van der Waals surface area contributed by atoms with Crippen molar-refractivity contribution < 1.29 is 8.42 Å². The van der Waals surface area contributed by atoms with Crippen LogP contribution < -0.4 is 10.3 Å². The standard InChI is InChI=1S/C21H23N3O3S/c1-15-11-16(2)21(17(3)12-15)28(26,27)23-9-10-24-14-22-19(13-20(24)25)18-7-5-4-6-8-18/h4-8,11-14,23H,9-10H2,1-3H3. The number of nitrogens with zero attached hydrogens (tertiary/aromatic N) is 2. The molecule has 0 saturated carbocycles. The Kier molecular flexibility index (Phi) is 5.76. The van der Waals surface area contributed by atoms with E-state index >= 15 is 0 Å². The van der Waals surface area contributed by atoms with Crippen LogP contribution in [0.5, 0.6) is 0 Å². The first-order chi connectivity index (χ1) is 13.3. The van der Waals surface area contributed by atoms with Gasteiger partial charge in [0.2, 0.25) is 10.0 Å². The average molecular weight is 398 g/mol. The quantitative estimate of drug-likeness (QED) is 0.694. The lowest BCUT2D eigenvalue weighted by atomic mass is 10.1. The molecule has 0 amide bonds. The van der Waals surface area contributed by atoms with Crippen molar-refractivity contribution in [2.24, 2.45) is 0 Å². The van der Waals surface area contributed by atoms with Gasteiger partial charge in [0.15, 0.2) is 0 Å². The first-order valence-electron chi connectivity index (χ1n) is 8.97. The molecule has 1 aromatic heterocycles. The summed E-state index contributed by atoms with van der Waals surface area (Å²) in [6.07, 6.45) is 1.45. The molecule has 0 bridgehead atoms. The van der Waals surface area contributed by atoms with Crippen molar-refractivity contribution in [1.29, 1.82) is 0 Å². The summed E-state index contributed by atoms with van der Waals surface area (Å²) in [5.74, 6) is 0. The molecule has 1 N–H and O–H groups in total. The Balaban J connectivity index is 1.72. The van der Waals surface area contributed by atoms with Crippen molar-refractivity contribution in [3.05, 3.63) is 81.9 Å². The number of aromatic nitrogens is 2. The fourth-order valence-corrected chi connectivity index (χ4v) is 4.79. The van der Waals surface area contributed by atoms with E-state index in [1.807, 2.05) is 49.4 Å². The number of rotatable bonds is 6. The molecule has 0 aliphatic heterocycles. The van der Waals surface area contributed by atoms with Gasteiger partial charge in [0.25, 0.3) is 5.56 Å². The summed E-state index contributed by atoms with van der Waals surface area (Å²) in [4.78, 5) is 16.9. The zero-order valence-corrected chi connectivity index (χ0v) is 17.0. The summed E-state index contributed by atoms with van der Waals surface area (Å²) in [6, 6.07) is 14.6. The Morgan fingerprint density at radius 2 is 1.64 bits per heavy atom. The normalized spacial score (nSPS) is 11.5. The number of aryl methyl sites for hydroxylation is 3. The summed E-state index contributed by atoms with van der Waals surface area (Å²) in [5, 5.41) is 0. The molecule has 3 rings (SSSR count). The predicted molar refractivity (Wildman–Crippen MR) is 110 cm³/mol. The Hall–Kier alpha value is -2.77. The third-order valence-corrected chi connectivity index (χ3v) is 6.23. The second-order valence-corrected chi connectivity index (χ2v) is 8.50. The lowest BCUT2D eigenvalue weighted by molar-refractivity contribution is 0.567. The number of nitrogens with one attached hydrogen (secondary N) is 1. The fraction of sp³-hybridized carbons (Fsp3) is 0.238. The van der Waals surface area contributed by atoms with Crippen LogP contribution in [0, 0.1) is 20.8 Å². The Morgan fingerprint density at radius 1 is 1.00 bits per heavy atom. The molecular formula is C21H23N3O3S.